The Balaban J connectivity index is 2.10. The lowest BCUT2D eigenvalue weighted by Crippen LogP contribution is -2.31. The Morgan fingerprint density at radius 2 is 1.72 bits per heavy atom. The quantitative estimate of drug-likeness (QED) is 0.714. The average molecular weight is 336 g/mol. The number of benzene rings is 2. The molecule has 3 rings (SSSR count). The van der Waals surface area contributed by atoms with Crippen LogP contribution in [0.25, 0.3) is 11.1 Å². The number of nitrogen functional groups attached to an aromatic ring is 1. The lowest BCUT2D eigenvalue weighted by molar-refractivity contribution is 0.0768. The highest BCUT2D eigenvalue weighted by Crippen LogP contribution is 2.32. The molecule has 1 aromatic heterocycles. The number of rotatable bonds is 4. The number of hydroxylamine groups is 1. The monoisotopic (exact) mass is 336 g/mol. The van der Waals surface area contributed by atoms with Crippen LogP contribution in [0.3, 0.4) is 0 Å². The fourth-order valence-electron chi connectivity index (χ4n) is 2.81. The van der Waals surface area contributed by atoms with Crippen LogP contribution in [0.5, 0.6) is 0 Å². The van der Waals surface area contributed by atoms with Gasteiger partial charge in [0, 0.05) is 0 Å². The summed E-state index contributed by atoms with van der Waals surface area (Å²) in [6.45, 7) is 3.88. The van der Waals surface area contributed by atoms with E-state index in [9.17, 15) is 4.79 Å². The SMILES string of the molecule is CON(C(=O)c1n[nH]c(N)c1-c1ccccc1C)c1ccccc1C. The van der Waals surface area contributed by atoms with Gasteiger partial charge in [0.2, 0.25) is 0 Å². The minimum absolute atomic E-state index is 0.219. The second kappa shape index (κ2) is 6.78. The molecule has 0 fully saturated rings. The Morgan fingerprint density at radius 1 is 1.08 bits per heavy atom. The normalized spacial score (nSPS) is 10.7. The van der Waals surface area contributed by atoms with E-state index in [-0.39, 0.29) is 11.6 Å². The lowest BCUT2D eigenvalue weighted by Gasteiger charge is -2.21. The Bertz CT molecular complexity index is 917. The molecule has 128 valence electrons. The van der Waals surface area contributed by atoms with E-state index in [0.717, 1.165) is 16.7 Å². The molecule has 0 saturated carbocycles. The van der Waals surface area contributed by atoms with Gasteiger partial charge in [-0.1, -0.05) is 42.5 Å². The highest BCUT2D eigenvalue weighted by atomic mass is 16.7. The summed E-state index contributed by atoms with van der Waals surface area (Å²) >= 11 is 0. The van der Waals surface area contributed by atoms with Crippen molar-refractivity contribution in [3.63, 3.8) is 0 Å². The molecule has 0 aliphatic rings. The third-order valence-corrected chi connectivity index (χ3v) is 4.11. The maximum atomic E-state index is 13.1. The van der Waals surface area contributed by atoms with Crippen LogP contribution in [0.1, 0.15) is 21.6 Å². The first-order valence-corrected chi connectivity index (χ1v) is 7.88. The number of aromatic nitrogens is 2. The van der Waals surface area contributed by atoms with Gasteiger partial charge in [-0.05, 0) is 36.6 Å². The Labute approximate surface area is 146 Å². The maximum Gasteiger partial charge on any atom is 0.303 e. The minimum Gasteiger partial charge on any atom is -0.384 e. The van der Waals surface area contributed by atoms with Crippen LogP contribution in [-0.2, 0) is 4.84 Å². The molecule has 0 aliphatic heterocycles. The van der Waals surface area contributed by atoms with Gasteiger partial charge in [-0.3, -0.25) is 14.7 Å². The zero-order valence-electron chi connectivity index (χ0n) is 14.4. The summed E-state index contributed by atoms with van der Waals surface area (Å²) in [5.74, 6) is -0.0403. The number of aryl methyl sites for hydroxylation is 2. The number of nitrogens with one attached hydrogen (secondary N) is 1. The second-order valence-electron chi connectivity index (χ2n) is 5.74. The summed E-state index contributed by atoms with van der Waals surface area (Å²) in [6, 6.07) is 15.2. The zero-order chi connectivity index (χ0) is 18.0. The number of carbonyl (C=O) groups excluding carboxylic acids is 1. The summed E-state index contributed by atoms with van der Waals surface area (Å²) in [4.78, 5) is 18.5. The van der Waals surface area contributed by atoms with Gasteiger partial charge in [0.1, 0.15) is 5.82 Å². The van der Waals surface area contributed by atoms with Crippen molar-refractivity contribution in [2.45, 2.75) is 13.8 Å². The summed E-state index contributed by atoms with van der Waals surface area (Å²) in [5, 5.41) is 8.08. The van der Waals surface area contributed by atoms with Crippen LogP contribution in [0, 0.1) is 13.8 Å². The molecule has 0 aliphatic carbocycles. The maximum absolute atomic E-state index is 13.1. The minimum atomic E-state index is -0.386. The molecule has 25 heavy (non-hydrogen) atoms. The van der Waals surface area contributed by atoms with Gasteiger partial charge < -0.3 is 5.73 Å². The number of H-pyrrole nitrogens is 1. The molecular weight excluding hydrogens is 316 g/mol. The van der Waals surface area contributed by atoms with Crippen molar-refractivity contribution < 1.29 is 9.63 Å². The molecular formula is C19H20N4O2. The van der Waals surface area contributed by atoms with Crippen LogP contribution >= 0.6 is 0 Å². The highest BCUT2D eigenvalue weighted by molar-refractivity contribution is 6.09. The van der Waals surface area contributed by atoms with Gasteiger partial charge in [-0.25, -0.2) is 0 Å². The largest absolute Gasteiger partial charge is 0.384 e. The van der Waals surface area contributed by atoms with E-state index in [0.29, 0.717) is 17.1 Å². The Morgan fingerprint density at radius 3 is 2.36 bits per heavy atom. The van der Waals surface area contributed by atoms with Crippen molar-refractivity contribution in [2.75, 3.05) is 17.9 Å². The number of amides is 1. The molecule has 6 heteroatoms. The lowest BCUT2D eigenvalue weighted by atomic mass is 10.00. The molecule has 2 aromatic carbocycles. The molecule has 0 unspecified atom stereocenters. The van der Waals surface area contributed by atoms with E-state index in [4.69, 9.17) is 10.6 Å². The van der Waals surface area contributed by atoms with E-state index in [1.54, 1.807) is 0 Å². The van der Waals surface area contributed by atoms with Crippen molar-refractivity contribution in [3.05, 3.63) is 65.4 Å². The van der Waals surface area contributed by atoms with Gasteiger partial charge in [0.25, 0.3) is 0 Å². The highest BCUT2D eigenvalue weighted by Gasteiger charge is 2.27. The smallest absolute Gasteiger partial charge is 0.303 e. The third kappa shape index (κ3) is 2.99. The summed E-state index contributed by atoms with van der Waals surface area (Å²) in [5.41, 5.74) is 10.3. The first-order valence-electron chi connectivity index (χ1n) is 7.88. The summed E-state index contributed by atoms with van der Waals surface area (Å²) < 4.78 is 0. The van der Waals surface area contributed by atoms with Gasteiger partial charge in [0.05, 0.1) is 18.4 Å². The fourth-order valence-corrected chi connectivity index (χ4v) is 2.81. The number of nitrogens with zero attached hydrogens (tertiary/aromatic N) is 2. The predicted octanol–water partition coefficient (Wildman–Crippen LogP) is 3.48. The van der Waals surface area contributed by atoms with Crippen molar-refractivity contribution in [1.29, 1.82) is 0 Å². The second-order valence-corrected chi connectivity index (χ2v) is 5.74. The van der Waals surface area contributed by atoms with E-state index < -0.39 is 0 Å². The van der Waals surface area contributed by atoms with Gasteiger partial charge in [0.15, 0.2) is 5.69 Å². The molecule has 0 spiro atoms. The van der Waals surface area contributed by atoms with Crippen molar-refractivity contribution in [3.8, 4) is 11.1 Å². The Hall–Kier alpha value is -3.12. The molecule has 6 nitrogen and oxygen atoms in total. The molecule has 1 heterocycles. The van der Waals surface area contributed by atoms with E-state index in [2.05, 4.69) is 10.2 Å². The van der Waals surface area contributed by atoms with Crippen LogP contribution in [-0.4, -0.2) is 23.2 Å². The molecule has 0 saturated heterocycles. The van der Waals surface area contributed by atoms with Crippen molar-refractivity contribution in [2.24, 2.45) is 0 Å². The predicted molar refractivity (Wildman–Crippen MR) is 98.2 cm³/mol. The number of hydrogen-bond acceptors (Lipinski definition) is 4. The number of hydrogen-bond donors (Lipinski definition) is 2. The Kier molecular flexibility index (Phi) is 4.54. The first kappa shape index (κ1) is 16.7. The molecule has 3 N–H and O–H groups in total. The third-order valence-electron chi connectivity index (χ3n) is 4.11. The summed E-state index contributed by atoms with van der Waals surface area (Å²) in [6.07, 6.45) is 0. The van der Waals surface area contributed by atoms with Gasteiger partial charge >= 0.3 is 5.91 Å². The molecule has 0 bridgehead atoms. The molecule has 0 radical (unpaired) electrons. The van der Waals surface area contributed by atoms with Crippen LogP contribution in [0.2, 0.25) is 0 Å². The number of anilines is 2. The molecule has 3 aromatic rings. The molecule has 1 amide bonds. The number of carbonyl (C=O) groups is 1. The van der Waals surface area contributed by atoms with Crippen LogP contribution < -0.4 is 10.8 Å². The molecule has 0 atom stereocenters. The number of nitrogens with two attached hydrogens (primary N) is 1. The summed E-state index contributed by atoms with van der Waals surface area (Å²) in [7, 11) is 1.45. The zero-order valence-corrected chi connectivity index (χ0v) is 14.4. The first-order chi connectivity index (χ1) is 12.0. The van der Waals surface area contributed by atoms with Crippen LogP contribution in [0.15, 0.2) is 48.5 Å². The van der Waals surface area contributed by atoms with Gasteiger partial charge in [-0.2, -0.15) is 10.2 Å². The van der Waals surface area contributed by atoms with Gasteiger partial charge in [-0.15, -0.1) is 0 Å². The average Bonchev–Trinajstić information content (AvgIpc) is 2.99. The standard InChI is InChI=1S/C19H20N4O2/c1-12-8-4-6-10-14(12)16-17(21-22-18(16)20)19(24)23(25-3)15-11-7-5-9-13(15)2/h4-11H,1-3H3,(H3,20,21,22). The van der Waals surface area contributed by atoms with E-state index in [1.165, 1.54) is 12.2 Å². The van der Waals surface area contributed by atoms with Crippen LogP contribution in [0.4, 0.5) is 11.5 Å². The van der Waals surface area contributed by atoms with Crippen molar-refractivity contribution in [1.82, 2.24) is 10.2 Å². The van der Waals surface area contributed by atoms with Crippen molar-refractivity contribution >= 4 is 17.4 Å². The topological polar surface area (TPSA) is 84.2 Å². The fraction of sp³-hybridized carbons (Fsp3) is 0.158. The number of para-hydroxylation sites is 1. The van der Waals surface area contributed by atoms with E-state index >= 15 is 0 Å². The van der Waals surface area contributed by atoms with E-state index in [1.807, 2.05) is 62.4 Å². The number of aromatic amines is 1.